The minimum Gasteiger partial charge on any atom is -0.337 e. The number of rotatable bonds is 2. The average molecular weight is 341 g/mol. The van der Waals surface area contributed by atoms with Crippen LogP contribution in [-0.4, -0.2) is 40.8 Å². The zero-order valence-corrected chi connectivity index (χ0v) is 14.4. The molecular weight excluding hydrogens is 322 g/mol. The SMILES string of the molecule is Cc1nc(C(=O)N2CCC(N3C(=O)Cc4ccccc43)CC2)cs1. The molecule has 2 aliphatic rings. The summed E-state index contributed by atoms with van der Waals surface area (Å²) in [7, 11) is 0. The van der Waals surface area contributed by atoms with Crippen LogP contribution in [0.2, 0.25) is 0 Å². The fourth-order valence-electron chi connectivity index (χ4n) is 3.63. The topological polar surface area (TPSA) is 53.5 Å². The maximum Gasteiger partial charge on any atom is 0.273 e. The van der Waals surface area contributed by atoms with Crippen molar-refractivity contribution in [1.29, 1.82) is 0 Å². The third-order valence-corrected chi connectivity index (χ3v) is 5.59. The molecule has 0 N–H and O–H groups in total. The van der Waals surface area contributed by atoms with Crippen molar-refractivity contribution in [3.8, 4) is 0 Å². The summed E-state index contributed by atoms with van der Waals surface area (Å²) in [6.45, 7) is 3.25. The first-order chi connectivity index (χ1) is 11.6. The molecule has 24 heavy (non-hydrogen) atoms. The third kappa shape index (κ3) is 2.60. The maximum atomic E-state index is 12.5. The number of benzene rings is 1. The van der Waals surface area contributed by atoms with Gasteiger partial charge in [0.15, 0.2) is 0 Å². The van der Waals surface area contributed by atoms with Gasteiger partial charge in [0, 0.05) is 30.2 Å². The Morgan fingerprint density at radius 3 is 2.71 bits per heavy atom. The largest absolute Gasteiger partial charge is 0.337 e. The normalized spacial score (nSPS) is 18.1. The number of hydrogen-bond acceptors (Lipinski definition) is 4. The molecule has 1 aromatic heterocycles. The molecule has 1 aromatic carbocycles. The zero-order valence-electron chi connectivity index (χ0n) is 13.6. The number of likely N-dealkylation sites (tertiary alicyclic amines) is 1. The van der Waals surface area contributed by atoms with Crippen LogP contribution in [0.1, 0.15) is 33.9 Å². The average Bonchev–Trinajstić information content (AvgIpc) is 3.17. The number of para-hydroxylation sites is 1. The molecule has 3 heterocycles. The predicted octanol–water partition coefficient (Wildman–Crippen LogP) is 2.65. The summed E-state index contributed by atoms with van der Waals surface area (Å²) in [6.07, 6.45) is 2.12. The molecule has 4 rings (SSSR count). The number of hydrogen-bond donors (Lipinski definition) is 0. The standard InChI is InChI=1S/C18H19N3O2S/c1-12-19-15(11-24-12)18(23)20-8-6-14(7-9-20)21-16-5-3-2-4-13(16)10-17(21)22/h2-5,11,14H,6-10H2,1H3. The summed E-state index contributed by atoms with van der Waals surface area (Å²) in [5, 5.41) is 2.73. The van der Waals surface area contributed by atoms with Gasteiger partial charge in [-0.15, -0.1) is 11.3 Å². The number of aryl methyl sites for hydroxylation is 1. The monoisotopic (exact) mass is 341 g/mol. The van der Waals surface area contributed by atoms with Gasteiger partial charge in [-0.05, 0) is 31.4 Å². The van der Waals surface area contributed by atoms with Crippen LogP contribution < -0.4 is 4.90 Å². The molecule has 2 aromatic rings. The fraction of sp³-hybridized carbons (Fsp3) is 0.389. The van der Waals surface area contributed by atoms with Crippen molar-refractivity contribution in [3.05, 3.63) is 45.9 Å². The number of fused-ring (bicyclic) bond motifs is 1. The van der Waals surface area contributed by atoms with E-state index >= 15 is 0 Å². The lowest BCUT2D eigenvalue weighted by Crippen LogP contribution is -2.48. The Morgan fingerprint density at radius 1 is 1.25 bits per heavy atom. The minimum atomic E-state index is 0.00551. The summed E-state index contributed by atoms with van der Waals surface area (Å²) in [4.78, 5) is 33.0. The minimum absolute atomic E-state index is 0.00551. The van der Waals surface area contributed by atoms with E-state index < -0.39 is 0 Å². The Labute approximate surface area is 144 Å². The van der Waals surface area contributed by atoms with Gasteiger partial charge in [-0.1, -0.05) is 18.2 Å². The zero-order chi connectivity index (χ0) is 16.7. The second kappa shape index (κ2) is 6.02. The van der Waals surface area contributed by atoms with Gasteiger partial charge in [-0.25, -0.2) is 4.98 Å². The second-order valence-corrected chi connectivity index (χ2v) is 7.41. The smallest absolute Gasteiger partial charge is 0.273 e. The fourth-order valence-corrected chi connectivity index (χ4v) is 4.22. The first kappa shape index (κ1) is 15.3. The number of piperidine rings is 1. The maximum absolute atomic E-state index is 12.5. The third-order valence-electron chi connectivity index (χ3n) is 4.82. The van der Waals surface area contributed by atoms with E-state index in [1.165, 1.54) is 11.3 Å². The van der Waals surface area contributed by atoms with Crippen molar-refractivity contribution < 1.29 is 9.59 Å². The number of aromatic nitrogens is 1. The number of carbonyl (C=O) groups is 2. The molecule has 0 radical (unpaired) electrons. The second-order valence-electron chi connectivity index (χ2n) is 6.34. The van der Waals surface area contributed by atoms with E-state index in [1.54, 1.807) is 0 Å². The number of nitrogens with zero attached hydrogens (tertiary/aromatic N) is 3. The van der Waals surface area contributed by atoms with E-state index in [2.05, 4.69) is 4.98 Å². The Bertz CT molecular complexity index is 793. The van der Waals surface area contributed by atoms with Gasteiger partial charge in [-0.2, -0.15) is 0 Å². The predicted molar refractivity (Wildman–Crippen MR) is 93.4 cm³/mol. The van der Waals surface area contributed by atoms with Gasteiger partial charge in [0.1, 0.15) is 5.69 Å². The van der Waals surface area contributed by atoms with Crippen LogP contribution >= 0.6 is 11.3 Å². The molecule has 1 saturated heterocycles. The Balaban J connectivity index is 1.45. The highest BCUT2D eigenvalue weighted by Crippen LogP contribution is 2.33. The summed E-state index contributed by atoms with van der Waals surface area (Å²) in [5.41, 5.74) is 2.69. The van der Waals surface area contributed by atoms with Crippen LogP contribution in [0.15, 0.2) is 29.6 Å². The van der Waals surface area contributed by atoms with Crippen molar-refractivity contribution in [2.45, 2.75) is 32.2 Å². The first-order valence-corrected chi connectivity index (χ1v) is 9.13. The van der Waals surface area contributed by atoms with Gasteiger partial charge in [-0.3, -0.25) is 9.59 Å². The van der Waals surface area contributed by atoms with Crippen LogP contribution in [-0.2, 0) is 11.2 Å². The van der Waals surface area contributed by atoms with Gasteiger partial charge < -0.3 is 9.80 Å². The van der Waals surface area contributed by atoms with Crippen molar-refractivity contribution in [2.24, 2.45) is 0 Å². The van der Waals surface area contributed by atoms with Crippen molar-refractivity contribution in [2.75, 3.05) is 18.0 Å². The van der Waals surface area contributed by atoms with Crippen LogP contribution in [0.5, 0.6) is 0 Å². The van der Waals surface area contributed by atoms with E-state index in [1.807, 2.05) is 46.4 Å². The van der Waals surface area contributed by atoms with Gasteiger partial charge >= 0.3 is 0 Å². The van der Waals surface area contributed by atoms with Crippen LogP contribution in [0.3, 0.4) is 0 Å². The Kier molecular flexibility index (Phi) is 3.84. The van der Waals surface area contributed by atoms with Gasteiger partial charge in [0.2, 0.25) is 5.91 Å². The van der Waals surface area contributed by atoms with E-state index in [4.69, 9.17) is 0 Å². The molecule has 5 nitrogen and oxygen atoms in total. The highest BCUT2D eigenvalue weighted by Gasteiger charge is 2.35. The molecular formula is C18H19N3O2S. The highest BCUT2D eigenvalue weighted by atomic mass is 32.1. The summed E-state index contributed by atoms with van der Waals surface area (Å²) >= 11 is 1.50. The molecule has 0 bridgehead atoms. The quantitative estimate of drug-likeness (QED) is 0.844. The molecule has 0 saturated carbocycles. The Hall–Kier alpha value is -2.21. The molecule has 2 aliphatic heterocycles. The summed E-state index contributed by atoms with van der Waals surface area (Å²) in [6, 6.07) is 8.19. The molecule has 1 fully saturated rings. The number of anilines is 1. The van der Waals surface area contributed by atoms with E-state index in [-0.39, 0.29) is 17.9 Å². The lowest BCUT2D eigenvalue weighted by molar-refractivity contribution is -0.118. The Morgan fingerprint density at radius 2 is 2.00 bits per heavy atom. The van der Waals surface area contributed by atoms with Crippen LogP contribution in [0, 0.1) is 6.92 Å². The molecule has 2 amide bonds. The molecule has 124 valence electrons. The van der Waals surface area contributed by atoms with Crippen molar-refractivity contribution >= 4 is 28.8 Å². The molecule has 6 heteroatoms. The number of amides is 2. The highest BCUT2D eigenvalue weighted by molar-refractivity contribution is 7.09. The van der Waals surface area contributed by atoms with Crippen molar-refractivity contribution in [1.82, 2.24) is 9.88 Å². The van der Waals surface area contributed by atoms with Crippen LogP contribution in [0.25, 0.3) is 0 Å². The molecule has 0 aliphatic carbocycles. The van der Waals surface area contributed by atoms with Gasteiger partial charge in [0.05, 0.1) is 11.4 Å². The van der Waals surface area contributed by atoms with Gasteiger partial charge in [0.25, 0.3) is 5.91 Å². The van der Waals surface area contributed by atoms with Crippen molar-refractivity contribution in [3.63, 3.8) is 0 Å². The first-order valence-electron chi connectivity index (χ1n) is 8.25. The lowest BCUT2D eigenvalue weighted by atomic mass is 10.0. The molecule has 0 spiro atoms. The summed E-state index contributed by atoms with van der Waals surface area (Å²) in [5.74, 6) is 0.182. The number of carbonyl (C=O) groups excluding carboxylic acids is 2. The number of thiazole rings is 1. The van der Waals surface area contributed by atoms with E-state index in [0.717, 1.165) is 29.1 Å². The van der Waals surface area contributed by atoms with Crippen LogP contribution in [0.4, 0.5) is 5.69 Å². The molecule has 0 unspecified atom stereocenters. The molecule has 0 atom stereocenters. The summed E-state index contributed by atoms with van der Waals surface area (Å²) < 4.78 is 0. The van der Waals surface area contributed by atoms with E-state index in [0.29, 0.717) is 25.2 Å². The van der Waals surface area contributed by atoms with E-state index in [9.17, 15) is 9.59 Å². The lowest BCUT2D eigenvalue weighted by Gasteiger charge is -2.36.